The molecule has 16 heavy (non-hydrogen) atoms. The Labute approximate surface area is 101 Å². The van der Waals surface area contributed by atoms with Gasteiger partial charge in [0.15, 0.2) is 0 Å². The van der Waals surface area contributed by atoms with Crippen molar-refractivity contribution in [3.63, 3.8) is 0 Å². The number of ether oxygens (including phenoxy) is 1. The third kappa shape index (κ3) is 3.39. The highest BCUT2D eigenvalue weighted by atomic mass is 35.7. The fraction of sp³-hybridized carbons (Fsp3) is 0.455. The Morgan fingerprint density at radius 1 is 1.31 bits per heavy atom. The Morgan fingerprint density at radius 3 is 2.44 bits per heavy atom. The summed E-state index contributed by atoms with van der Waals surface area (Å²) in [4.78, 5) is 0. The van der Waals surface area contributed by atoms with E-state index in [0.717, 1.165) is 11.1 Å². The maximum Gasteiger partial charge on any atom is 0.236 e. The molecular weight excluding hydrogens is 248 g/mol. The van der Waals surface area contributed by atoms with Crippen molar-refractivity contribution in [1.29, 1.82) is 0 Å². The molecule has 0 bridgehead atoms. The highest BCUT2D eigenvalue weighted by molar-refractivity contribution is 8.13. The van der Waals surface area contributed by atoms with E-state index in [1.807, 2.05) is 26.8 Å². The van der Waals surface area contributed by atoms with Gasteiger partial charge in [-0.3, -0.25) is 0 Å². The Morgan fingerprint density at radius 2 is 1.94 bits per heavy atom. The summed E-state index contributed by atoms with van der Waals surface area (Å²) in [5, 5.41) is 0. The lowest BCUT2D eigenvalue weighted by molar-refractivity contribution is 0.335. The second-order valence-corrected chi connectivity index (χ2v) is 6.39. The fourth-order valence-corrected chi connectivity index (χ4v) is 2.44. The molecule has 90 valence electrons. The van der Waals surface area contributed by atoms with Gasteiger partial charge in [0.05, 0.1) is 12.4 Å². The van der Waals surface area contributed by atoms with Crippen molar-refractivity contribution in [2.75, 3.05) is 6.61 Å². The highest BCUT2D eigenvalue weighted by Gasteiger charge is 2.15. The van der Waals surface area contributed by atoms with Gasteiger partial charge < -0.3 is 4.74 Å². The van der Waals surface area contributed by atoms with Crippen LogP contribution in [-0.2, 0) is 14.8 Å². The van der Waals surface area contributed by atoms with Gasteiger partial charge in [0, 0.05) is 16.2 Å². The molecule has 3 nitrogen and oxygen atoms in total. The molecule has 1 aromatic rings. The van der Waals surface area contributed by atoms with Crippen molar-refractivity contribution in [2.45, 2.75) is 26.5 Å². The lowest BCUT2D eigenvalue weighted by Crippen LogP contribution is -2.03. The van der Waals surface area contributed by atoms with Gasteiger partial charge in [0.1, 0.15) is 5.75 Å². The zero-order valence-electron chi connectivity index (χ0n) is 9.58. The van der Waals surface area contributed by atoms with E-state index in [0.29, 0.717) is 17.9 Å². The summed E-state index contributed by atoms with van der Waals surface area (Å²) in [6.45, 7) is 6.22. The van der Waals surface area contributed by atoms with E-state index < -0.39 is 9.05 Å². The average molecular weight is 263 g/mol. The first kappa shape index (κ1) is 13.3. The lowest BCUT2D eigenvalue weighted by atomic mass is 10.1. The molecule has 0 heterocycles. The molecule has 1 rings (SSSR count). The Kier molecular flexibility index (Phi) is 4.21. The third-order valence-electron chi connectivity index (χ3n) is 2.37. The molecule has 0 aromatic heterocycles. The van der Waals surface area contributed by atoms with Gasteiger partial charge >= 0.3 is 0 Å². The molecule has 0 aliphatic carbocycles. The minimum absolute atomic E-state index is 0.203. The van der Waals surface area contributed by atoms with Crippen LogP contribution in [0.25, 0.3) is 0 Å². The second-order valence-electron chi connectivity index (χ2n) is 3.61. The largest absolute Gasteiger partial charge is 0.493 e. The monoisotopic (exact) mass is 262 g/mol. The summed E-state index contributed by atoms with van der Waals surface area (Å²) in [5.41, 5.74) is 2.64. The topological polar surface area (TPSA) is 43.4 Å². The van der Waals surface area contributed by atoms with Gasteiger partial charge in [-0.25, -0.2) is 8.42 Å². The lowest BCUT2D eigenvalue weighted by Gasteiger charge is -2.14. The summed E-state index contributed by atoms with van der Waals surface area (Å²) in [6.07, 6.45) is 0. The number of rotatable bonds is 4. The summed E-state index contributed by atoms with van der Waals surface area (Å²) >= 11 is 0. The van der Waals surface area contributed by atoms with Crippen molar-refractivity contribution < 1.29 is 13.2 Å². The van der Waals surface area contributed by atoms with Crippen LogP contribution in [0.5, 0.6) is 5.75 Å². The van der Waals surface area contributed by atoms with Crippen LogP contribution >= 0.6 is 10.7 Å². The molecule has 0 atom stereocenters. The van der Waals surface area contributed by atoms with Crippen LogP contribution in [-0.4, -0.2) is 15.0 Å². The van der Waals surface area contributed by atoms with Gasteiger partial charge in [-0.2, -0.15) is 0 Å². The predicted octanol–water partition coefficient (Wildman–Crippen LogP) is 2.77. The minimum atomic E-state index is -3.56. The van der Waals surface area contributed by atoms with E-state index in [1.54, 1.807) is 6.07 Å². The van der Waals surface area contributed by atoms with Crippen LogP contribution in [0.15, 0.2) is 12.1 Å². The smallest absolute Gasteiger partial charge is 0.236 e. The molecule has 0 N–H and O–H groups in total. The van der Waals surface area contributed by atoms with Crippen molar-refractivity contribution in [1.82, 2.24) is 0 Å². The third-order valence-corrected chi connectivity index (χ3v) is 3.36. The molecule has 0 unspecified atom stereocenters. The first-order chi connectivity index (χ1) is 7.35. The molecule has 1 aromatic carbocycles. The van der Waals surface area contributed by atoms with E-state index in [9.17, 15) is 8.42 Å². The summed E-state index contributed by atoms with van der Waals surface area (Å²) in [5.74, 6) is 0.428. The Bertz CT molecular complexity index is 480. The maximum absolute atomic E-state index is 11.1. The number of hydrogen-bond donors (Lipinski definition) is 0. The van der Waals surface area contributed by atoms with Crippen LogP contribution in [0, 0.1) is 13.8 Å². The van der Waals surface area contributed by atoms with Crippen LogP contribution < -0.4 is 4.74 Å². The van der Waals surface area contributed by atoms with Crippen molar-refractivity contribution in [3.8, 4) is 5.75 Å². The zero-order valence-corrected chi connectivity index (χ0v) is 11.2. The van der Waals surface area contributed by atoms with Gasteiger partial charge in [0.25, 0.3) is 0 Å². The van der Waals surface area contributed by atoms with E-state index in [4.69, 9.17) is 15.4 Å². The van der Waals surface area contributed by atoms with Gasteiger partial charge in [-0.1, -0.05) is 12.1 Å². The molecule has 0 saturated carbocycles. The van der Waals surface area contributed by atoms with Gasteiger partial charge in [-0.05, 0) is 31.9 Å². The molecule has 0 fully saturated rings. The maximum atomic E-state index is 11.1. The number of benzene rings is 1. The van der Waals surface area contributed by atoms with Crippen LogP contribution in [0.4, 0.5) is 0 Å². The molecular formula is C11H15ClO3S. The van der Waals surface area contributed by atoms with E-state index in [1.165, 1.54) is 0 Å². The fourth-order valence-electron chi connectivity index (χ4n) is 1.49. The number of aryl methyl sites for hydroxylation is 1. The molecule has 0 radical (unpaired) electrons. The van der Waals surface area contributed by atoms with Crippen LogP contribution in [0.3, 0.4) is 0 Å². The number of halogens is 1. The van der Waals surface area contributed by atoms with Gasteiger partial charge in [0.2, 0.25) is 9.05 Å². The molecule has 0 aliphatic heterocycles. The van der Waals surface area contributed by atoms with Gasteiger partial charge in [-0.15, -0.1) is 0 Å². The van der Waals surface area contributed by atoms with Crippen LogP contribution in [0.2, 0.25) is 0 Å². The Hall–Kier alpha value is -0.740. The summed E-state index contributed by atoms with van der Waals surface area (Å²) < 4.78 is 27.6. The van der Waals surface area contributed by atoms with E-state index >= 15 is 0 Å². The zero-order chi connectivity index (χ0) is 12.3. The Balaban J connectivity index is 3.23. The molecule has 0 spiro atoms. The predicted molar refractivity (Wildman–Crippen MR) is 65.6 cm³/mol. The first-order valence-electron chi connectivity index (χ1n) is 4.99. The molecule has 0 aliphatic rings. The molecule has 0 amide bonds. The van der Waals surface area contributed by atoms with Crippen LogP contribution in [0.1, 0.15) is 23.6 Å². The second kappa shape index (κ2) is 5.06. The molecule has 0 saturated heterocycles. The van der Waals surface area contributed by atoms with Crippen molar-refractivity contribution >= 4 is 19.7 Å². The average Bonchev–Trinajstić information content (AvgIpc) is 2.15. The van der Waals surface area contributed by atoms with Crippen molar-refractivity contribution in [3.05, 3.63) is 28.8 Å². The first-order valence-corrected chi connectivity index (χ1v) is 7.47. The van der Waals surface area contributed by atoms with E-state index in [2.05, 4.69) is 0 Å². The minimum Gasteiger partial charge on any atom is -0.493 e. The summed E-state index contributed by atoms with van der Waals surface area (Å²) in [6, 6.07) is 3.61. The molecule has 5 heteroatoms. The van der Waals surface area contributed by atoms with Crippen molar-refractivity contribution in [2.24, 2.45) is 0 Å². The standard InChI is InChI=1S/C11H15ClO3S/c1-4-15-11-9(3)8(2)5-6-10(11)7-16(12,13)14/h5-6H,4,7H2,1-3H3. The number of hydrogen-bond acceptors (Lipinski definition) is 3. The quantitative estimate of drug-likeness (QED) is 0.784. The normalized spacial score (nSPS) is 11.5. The highest BCUT2D eigenvalue weighted by Crippen LogP contribution is 2.28. The SMILES string of the molecule is CCOc1c(CS(=O)(=O)Cl)ccc(C)c1C. The summed E-state index contributed by atoms with van der Waals surface area (Å²) in [7, 11) is 1.69. The van der Waals surface area contributed by atoms with E-state index in [-0.39, 0.29) is 5.75 Å².